The fourth-order valence-corrected chi connectivity index (χ4v) is 7.67. The van der Waals surface area contributed by atoms with Gasteiger partial charge in [0.1, 0.15) is 48.6 Å². The van der Waals surface area contributed by atoms with Crippen molar-refractivity contribution in [3.63, 3.8) is 0 Å². The molecule has 0 fully saturated rings. The Labute approximate surface area is 424 Å². The lowest BCUT2D eigenvalue weighted by Crippen LogP contribution is -2.49. The lowest BCUT2D eigenvalue weighted by Gasteiger charge is -2.22. The van der Waals surface area contributed by atoms with Gasteiger partial charge in [-0.15, -0.1) is 0 Å². The maximum atomic E-state index is 12.6. The molecule has 0 aromatic heterocycles. The third-order valence-electron chi connectivity index (χ3n) is 10.6. The van der Waals surface area contributed by atoms with E-state index in [9.17, 15) is 43.2 Å². The second kappa shape index (κ2) is 26.5. The number of ether oxygens (including phenoxy) is 4. The number of carbonyl (C=O) groups excluding carboxylic acids is 8. The molecule has 0 radical (unpaired) electrons. The van der Waals surface area contributed by atoms with Gasteiger partial charge in [-0.3, -0.25) is 33.6 Å². The summed E-state index contributed by atoms with van der Waals surface area (Å²) in [6.07, 6.45) is -2.16. The van der Waals surface area contributed by atoms with Gasteiger partial charge in [-0.05, 0) is 99.9 Å². The molecule has 19 heteroatoms. The van der Waals surface area contributed by atoms with E-state index in [1.807, 2.05) is 84.9 Å². The predicted molar refractivity (Wildman–Crippen MR) is 269 cm³/mol. The zero-order valence-electron chi connectivity index (χ0n) is 42.3. The molecule has 390 valence electrons. The molecule has 19 nitrogen and oxygen atoms in total. The van der Waals surface area contributed by atoms with E-state index in [1.54, 1.807) is 41.5 Å². The highest BCUT2D eigenvalue weighted by Gasteiger charge is 2.32. The van der Waals surface area contributed by atoms with Gasteiger partial charge in [0.25, 0.3) is 0 Å². The van der Waals surface area contributed by atoms with E-state index in [0.29, 0.717) is 0 Å². The molecule has 6 rings (SSSR count). The van der Waals surface area contributed by atoms with Crippen LogP contribution in [0.5, 0.6) is 0 Å². The van der Waals surface area contributed by atoms with Crippen LogP contribution in [0.2, 0.25) is 0 Å². The maximum absolute atomic E-state index is 12.6. The Morgan fingerprint density at radius 3 is 1.25 bits per heavy atom. The number of carboxylic acids is 1. The molecule has 0 saturated carbocycles. The number of rotatable bonds is 17. The average Bonchev–Trinajstić information content (AvgIpc) is 3.81. The first kappa shape index (κ1) is 57.6. The van der Waals surface area contributed by atoms with E-state index in [2.05, 4.69) is 33.4 Å². The van der Waals surface area contributed by atoms with E-state index >= 15 is 0 Å². The van der Waals surface area contributed by atoms with Crippen LogP contribution in [0.1, 0.15) is 102 Å². The van der Waals surface area contributed by atoms with Gasteiger partial charge in [-0.2, -0.15) is 0 Å². The van der Waals surface area contributed by atoms with E-state index in [0.717, 1.165) is 44.5 Å². The highest BCUT2D eigenvalue weighted by atomic mass is 16.6. The maximum Gasteiger partial charge on any atom is 0.407 e. The Morgan fingerprint density at radius 1 is 0.521 bits per heavy atom. The molecule has 7 N–H and O–H groups in total. The second-order valence-electron chi connectivity index (χ2n) is 19.1. The number of carbonyl (C=O) groups is 9. The summed E-state index contributed by atoms with van der Waals surface area (Å²) in [5.41, 5.74) is 13.0. The van der Waals surface area contributed by atoms with Gasteiger partial charge < -0.3 is 51.1 Å². The van der Waals surface area contributed by atoms with Gasteiger partial charge >= 0.3 is 30.1 Å². The van der Waals surface area contributed by atoms with Crippen molar-refractivity contribution in [3.05, 3.63) is 119 Å². The summed E-state index contributed by atoms with van der Waals surface area (Å²) in [4.78, 5) is 104. The van der Waals surface area contributed by atoms with Crippen molar-refractivity contribution in [2.45, 2.75) is 103 Å². The number of hydrogen-bond acceptors (Lipinski definition) is 14. The average molecular weight is 1010 g/mol. The normalized spacial score (nSPS) is 12.9. The number of aliphatic carboxylic acids is 1. The Kier molecular flexibility index (Phi) is 20.9. The number of carboxylic acid groups (broad SMARTS) is 1. The molecule has 2 unspecified atom stereocenters. The SMILES string of the molecule is CC(=O)CNC(=O)C(CC(=O)OC(C)(C)C)NC(=O)OCC1c2ccccc2-c2ccccc21.CC(=O)CNC(=O)C(N)CC(=O)OC(C)(C)C.O=C(O)CNC(=O)OCC1c2ccccc2-c2ccccc21. The monoisotopic (exact) mass is 1010 g/mol. The third kappa shape index (κ3) is 18.6. The minimum absolute atomic E-state index is 0.0250. The molecule has 2 aliphatic rings. The number of alkyl carbamates (subject to hydrolysis) is 2. The van der Waals surface area contributed by atoms with Crippen molar-refractivity contribution in [2.24, 2.45) is 5.73 Å². The Bertz CT molecular complexity index is 2560. The van der Waals surface area contributed by atoms with Crippen molar-refractivity contribution in [1.82, 2.24) is 21.3 Å². The molecule has 0 heterocycles. The summed E-state index contributed by atoms with van der Waals surface area (Å²) < 4.78 is 20.9. The number of nitrogens with two attached hydrogens (primary N) is 1. The summed E-state index contributed by atoms with van der Waals surface area (Å²) in [5.74, 6) is -4.11. The molecule has 4 amide bonds. The Hall–Kier alpha value is -7.93. The molecule has 0 spiro atoms. The molecule has 2 atom stereocenters. The predicted octanol–water partition coefficient (Wildman–Crippen LogP) is 5.69. The van der Waals surface area contributed by atoms with Crippen LogP contribution in [0.25, 0.3) is 22.3 Å². The number of Topliss-reactive ketones (excluding diaryl/α,β-unsaturated/α-hetero) is 2. The van der Waals surface area contributed by atoms with Crippen LogP contribution in [0, 0.1) is 0 Å². The van der Waals surface area contributed by atoms with Gasteiger partial charge in [0.2, 0.25) is 11.8 Å². The van der Waals surface area contributed by atoms with Crippen molar-refractivity contribution in [1.29, 1.82) is 0 Å². The van der Waals surface area contributed by atoms with Crippen LogP contribution in [0.4, 0.5) is 9.59 Å². The van der Waals surface area contributed by atoms with Crippen LogP contribution in [-0.4, -0.2) is 115 Å². The van der Waals surface area contributed by atoms with Gasteiger partial charge in [0.05, 0.1) is 32.0 Å². The lowest BCUT2D eigenvalue weighted by atomic mass is 9.98. The van der Waals surface area contributed by atoms with Crippen LogP contribution in [0.3, 0.4) is 0 Å². The number of ketones is 2. The summed E-state index contributed by atoms with van der Waals surface area (Å²) in [6, 6.07) is 29.7. The highest BCUT2D eigenvalue weighted by Crippen LogP contribution is 2.45. The molecule has 0 saturated heterocycles. The smallest absolute Gasteiger partial charge is 0.407 e. The summed E-state index contributed by atoms with van der Waals surface area (Å²) in [7, 11) is 0. The molecule has 2 aliphatic carbocycles. The Balaban J connectivity index is 0.000000255. The van der Waals surface area contributed by atoms with Gasteiger partial charge in [-0.1, -0.05) is 97.1 Å². The molecular weight excluding hydrogens is 943 g/mol. The first-order valence-electron chi connectivity index (χ1n) is 23.5. The summed E-state index contributed by atoms with van der Waals surface area (Å²) >= 11 is 0. The first-order chi connectivity index (χ1) is 34.3. The lowest BCUT2D eigenvalue weighted by molar-refractivity contribution is -0.157. The van der Waals surface area contributed by atoms with Crippen molar-refractivity contribution in [3.8, 4) is 22.3 Å². The summed E-state index contributed by atoms with van der Waals surface area (Å²) in [5, 5.41) is 17.9. The van der Waals surface area contributed by atoms with Gasteiger partial charge in [0, 0.05) is 11.8 Å². The standard InChI is InChI=1S/C26H30N2O6.C17H15NO4.C11H20N2O4/c1-16(29)14-27-24(31)22(13-23(30)34-26(2,3)4)28-25(32)33-15-21-19-11-7-5-9-17(19)18-10-6-8-12-20(18)21;19-16(20)9-18-17(21)22-10-15-13-7-3-1-5-11(13)12-6-2-4-8-14(12)15;1-7(14)6-13-10(16)8(12)5-9(15)17-11(2,3)4/h5-12,21-22H,13-15H2,1-4H3,(H,27,31)(H,28,32);1-8,15H,9-10H2,(H,18,21)(H,19,20);8H,5-6,12H2,1-4H3,(H,13,16). The van der Waals surface area contributed by atoms with Crippen LogP contribution >= 0.6 is 0 Å². The largest absolute Gasteiger partial charge is 0.480 e. The number of fused-ring (bicyclic) bond motifs is 6. The minimum atomic E-state index is -1.25. The van der Waals surface area contributed by atoms with Crippen molar-refractivity contribution < 1.29 is 67.2 Å². The fraction of sp³-hybridized carbons (Fsp3) is 0.389. The number of esters is 2. The van der Waals surface area contributed by atoms with E-state index < -0.39 is 78.2 Å². The molecule has 0 aliphatic heterocycles. The van der Waals surface area contributed by atoms with Gasteiger partial charge in [-0.25, -0.2) is 9.59 Å². The first-order valence-corrected chi connectivity index (χ1v) is 23.5. The number of hydrogen-bond donors (Lipinski definition) is 6. The number of benzene rings is 4. The molecule has 4 aromatic carbocycles. The van der Waals surface area contributed by atoms with E-state index in [-0.39, 0.29) is 56.1 Å². The second-order valence-corrected chi connectivity index (χ2v) is 19.1. The van der Waals surface area contributed by atoms with Crippen LogP contribution < -0.4 is 27.0 Å². The number of amides is 4. The fourth-order valence-electron chi connectivity index (χ4n) is 7.67. The van der Waals surface area contributed by atoms with Crippen molar-refractivity contribution in [2.75, 3.05) is 32.8 Å². The minimum Gasteiger partial charge on any atom is -0.480 e. The molecule has 0 bridgehead atoms. The molecular formula is C54H65N5O14. The van der Waals surface area contributed by atoms with Gasteiger partial charge in [0.15, 0.2) is 0 Å². The third-order valence-corrected chi connectivity index (χ3v) is 10.6. The molecule has 4 aromatic rings. The quantitative estimate of drug-likeness (QED) is 0.0547. The zero-order valence-corrected chi connectivity index (χ0v) is 42.3. The van der Waals surface area contributed by atoms with E-state index in [4.69, 9.17) is 29.8 Å². The Morgan fingerprint density at radius 2 is 0.877 bits per heavy atom. The van der Waals surface area contributed by atoms with Crippen LogP contribution in [0.15, 0.2) is 97.1 Å². The topological polar surface area (TPSA) is 285 Å². The number of nitrogens with one attached hydrogen (secondary N) is 4. The van der Waals surface area contributed by atoms with Crippen molar-refractivity contribution >= 4 is 53.5 Å². The van der Waals surface area contributed by atoms with Crippen LogP contribution in [-0.2, 0) is 52.5 Å². The van der Waals surface area contributed by atoms with E-state index in [1.165, 1.54) is 13.8 Å². The summed E-state index contributed by atoms with van der Waals surface area (Å²) in [6.45, 7) is 12.5. The zero-order chi connectivity index (χ0) is 54.0. The highest BCUT2D eigenvalue weighted by molar-refractivity contribution is 5.92. The molecule has 73 heavy (non-hydrogen) atoms.